The van der Waals surface area contributed by atoms with Crippen LogP contribution in [0, 0.1) is 6.92 Å². The van der Waals surface area contributed by atoms with Gasteiger partial charge in [-0.1, -0.05) is 30.3 Å². The van der Waals surface area contributed by atoms with Crippen LogP contribution in [-0.4, -0.2) is 22.6 Å². The van der Waals surface area contributed by atoms with E-state index in [9.17, 15) is 18.0 Å². The number of aromatic nitrogens is 1. The maximum Gasteiger partial charge on any atom is 0.416 e. The predicted octanol–water partition coefficient (Wildman–Crippen LogP) is 5.36. The van der Waals surface area contributed by atoms with E-state index in [1.54, 1.807) is 30.5 Å². The van der Waals surface area contributed by atoms with E-state index in [4.69, 9.17) is 5.11 Å². The van der Waals surface area contributed by atoms with Crippen molar-refractivity contribution < 1.29 is 23.1 Å². The summed E-state index contributed by atoms with van der Waals surface area (Å²) in [7, 11) is 0. The number of carboxylic acids is 1. The molecule has 0 aliphatic heterocycles. The first-order valence-electron chi connectivity index (χ1n) is 9.38. The van der Waals surface area contributed by atoms with Crippen LogP contribution in [0.3, 0.4) is 0 Å². The normalized spacial score (nSPS) is 11.3. The van der Waals surface area contributed by atoms with E-state index in [-0.39, 0.29) is 5.56 Å². The molecule has 0 bridgehead atoms. The molecule has 4 nitrogen and oxygen atoms in total. The van der Waals surface area contributed by atoms with Crippen LogP contribution in [0.25, 0.3) is 0 Å². The van der Waals surface area contributed by atoms with E-state index in [1.165, 1.54) is 12.1 Å². The molecular formula is C23H21F3N2O2. The smallest absolute Gasteiger partial charge is 0.416 e. The molecule has 0 saturated heterocycles. The van der Waals surface area contributed by atoms with Gasteiger partial charge < -0.3 is 10.0 Å². The minimum absolute atomic E-state index is 0.223. The van der Waals surface area contributed by atoms with Crippen LogP contribution >= 0.6 is 0 Å². The zero-order chi connectivity index (χ0) is 21.7. The van der Waals surface area contributed by atoms with Gasteiger partial charge >= 0.3 is 12.1 Å². The Balaban J connectivity index is 1.76. The van der Waals surface area contributed by atoms with Gasteiger partial charge in [-0.2, -0.15) is 13.2 Å². The second-order valence-electron chi connectivity index (χ2n) is 7.06. The van der Waals surface area contributed by atoms with Gasteiger partial charge in [-0.3, -0.25) is 0 Å². The van der Waals surface area contributed by atoms with Crippen LogP contribution < -0.4 is 4.90 Å². The molecule has 7 heteroatoms. The number of hydrogen-bond donors (Lipinski definition) is 1. The van der Waals surface area contributed by atoms with E-state index in [2.05, 4.69) is 4.98 Å². The fourth-order valence-corrected chi connectivity index (χ4v) is 3.02. The second kappa shape index (κ2) is 8.98. The number of nitrogens with zero attached hydrogens (tertiary/aromatic N) is 2. The Labute approximate surface area is 172 Å². The summed E-state index contributed by atoms with van der Waals surface area (Å²) in [5, 5.41) is 9.01. The summed E-state index contributed by atoms with van der Waals surface area (Å²) in [6.07, 6.45) is -1.98. The molecule has 30 heavy (non-hydrogen) atoms. The van der Waals surface area contributed by atoms with Crippen LogP contribution in [0.2, 0.25) is 0 Å². The van der Waals surface area contributed by atoms with Crippen LogP contribution in [-0.2, 0) is 19.1 Å². The second-order valence-corrected chi connectivity index (χ2v) is 7.06. The maximum absolute atomic E-state index is 12.8. The number of aryl methyl sites for hydroxylation is 1. The topological polar surface area (TPSA) is 53.4 Å². The van der Waals surface area contributed by atoms with Gasteiger partial charge in [-0.25, -0.2) is 9.78 Å². The summed E-state index contributed by atoms with van der Waals surface area (Å²) >= 11 is 0. The van der Waals surface area contributed by atoms with Crippen molar-refractivity contribution in [1.82, 2.24) is 4.98 Å². The summed E-state index contributed by atoms with van der Waals surface area (Å²) in [5.74, 6) is -0.253. The summed E-state index contributed by atoms with van der Waals surface area (Å²) < 4.78 is 38.4. The summed E-state index contributed by atoms with van der Waals surface area (Å²) in [6, 6.07) is 15.6. The number of carboxylic acid groups (broad SMARTS) is 1. The molecule has 0 amide bonds. The molecule has 1 heterocycles. The van der Waals surface area contributed by atoms with Crippen molar-refractivity contribution in [2.75, 3.05) is 11.4 Å². The third-order valence-corrected chi connectivity index (χ3v) is 4.75. The average Bonchev–Trinajstić information content (AvgIpc) is 2.72. The van der Waals surface area contributed by atoms with Crippen molar-refractivity contribution in [2.45, 2.75) is 26.1 Å². The first kappa shape index (κ1) is 21.4. The van der Waals surface area contributed by atoms with Gasteiger partial charge in [0.05, 0.1) is 11.1 Å². The molecule has 0 aliphatic rings. The highest BCUT2D eigenvalue weighted by Crippen LogP contribution is 2.29. The van der Waals surface area contributed by atoms with Crippen molar-refractivity contribution >= 4 is 11.8 Å². The van der Waals surface area contributed by atoms with Crippen molar-refractivity contribution in [3.05, 3.63) is 94.7 Å². The lowest BCUT2D eigenvalue weighted by Gasteiger charge is -2.24. The lowest BCUT2D eigenvalue weighted by atomic mass is 10.1. The van der Waals surface area contributed by atoms with Gasteiger partial charge in [-0.15, -0.1) is 0 Å². The Morgan fingerprint density at radius 3 is 2.13 bits per heavy atom. The molecule has 3 rings (SSSR count). The maximum atomic E-state index is 12.8. The molecule has 0 radical (unpaired) electrons. The lowest BCUT2D eigenvalue weighted by Crippen LogP contribution is -2.26. The van der Waals surface area contributed by atoms with Gasteiger partial charge in [0.25, 0.3) is 0 Å². The quantitative estimate of drug-likeness (QED) is 0.566. The standard InChI is InChI=1S/C23H21F3N2O2/c1-16-2-11-21(27-14-16)28(13-12-17-3-7-19(8-4-17)22(29)30)15-18-5-9-20(10-6-18)23(24,25)26/h2-11,14H,12-13,15H2,1H3,(H,29,30). The molecule has 0 aliphatic carbocycles. The van der Waals surface area contributed by atoms with Crippen molar-refractivity contribution in [2.24, 2.45) is 0 Å². The third-order valence-electron chi connectivity index (χ3n) is 4.75. The highest BCUT2D eigenvalue weighted by Gasteiger charge is 2.30. The Morgan fingerprint density at radius 2 is 1.60 bits per heavy atom. The first-order valence-corrected chi connectivity index (χ1v) is 9.38. The molecule has 1 N–H and O–H groups in total. The molecule has 0 unspecified atom stereocenters. The van der Waals surface area contributed by atoms with Crippen molar-refractivity contribution in [3.63, 3.8) is 0 Å². The van der Waals surface area contributed by atoms with Crippen LogP contribution in [0.1, 0.15) is 32.6 Å². The Hall–Kier alpha value is -3.35. The zero-order valence-electron chi connectivity index (χ0n) is 16.4. The van der Waals surface area contributed by atoms with E-state index < -0.39 is 17.7 Å². The number of anilines is 1. The number of rotatable bonds is 7. The summed E-state index contributed by atoms with van der Waals surface area (Å²) in [6.45, 7) is 2.91. The van der Waals surface area contributed by atoms with Gasteiger partial charge in [0.15, 0.2) is 0 Å². The van der Waals surface area contributed by atoms with E-state index in [1.807, 2.05) is 24.0 Å². The number of pyridine rings is 1. The highest BCUT2D eigenvalue weighted by molar-refractivity contribution is 5.87. The molecule has 2 aromatic carbocycles. The minimum Gasteiger partial charge on any atom is -0.478 e. The molecule has 0 spiro atoms. The van der Waals surface area contributed by atoms with Crippen LogP contribution in [0.15, 0.2) is 66.9 Å². The number of alkyl halides is 3. The average molecular weight is 414 g/mol. The molecule has 3 aromatic rings. The number of halogens is 3. The van der Waals surface area contributed by atoms with Gasteiger partial charge in [0.1, 0.15) is 5.82 Å². The molecule has 0 saturated carbocycles. The fraction of sp³-hybridized carbons (Fsp3) is 0.217. The highest BCUT2D eigenvalue weighted by atomic mass is 19.4. The minimum atomic E-state index is -4.36. The van der Waals surface area contributed by atoms with Gasteiger partial charge in [0.2, 0.25) is 0 Å². The Morgan fingerprint density at radius 1 is 0.967 bits per heavy atom. The van der Waals surface area contributed by atoms with Gasteiger partial charge in [0, 0.05) is 19.3 Å². The predicted molar refractivity (Wildman–Crippen MR) is 109 cm³/mol. The van der Waals surface area contributed by atoms with E-state index >= 15 is 0 Å². The first-order chi connectivity index (χ1) is 14.2. The number of carbonyl (C=O) groups is 1. The van der Waals surface area contributed by atoms with Crippen LogP contribution in [0.5, 0.6) is 0 Å². The van der Waals surface area contributed by atoms with E-state index in [0.29, 0.717) is 19.5 Å². The fourth-order valence-electron chi connectivity index (χ4n) is 3.02. The summed E-state index contributed by atoms with van der Waals surface area (Å²) in [4.78, 5) is 17.4. The van der Waals surface area contributed by atoms with E-state index in [0.717, 1.165) is 34.6 Å². The number of hydrogen-bond acceptors (Lipinski definition) is 3. The molecular weight excluding hydrogens is 393 g/mol. The number of benzene rings is 2. The Bertz CT molecular complexity index is 983. The van der Waals surface area contributed by atoms with Crippen LogP contribution in [0.4, 0.5) is 19.0 Å². The molecule has 0 atom stereocenters. The SMILES string of the molecule is Cc1ccc(N(CCc2ccc(C(=O)O)cc2)Cc2ccc(C(F)(F)F)cc2)nc1. The van der Waals surface area contributed by atoms with Gasteiger partial charge in [-0.05, 0) is 60.4 Å². The molecule has 1 aromatic heterocycles. The Kier molecular flexibility index (Phi) is 6.40. The van der Waals surface area contributed by atoms with Crippen molar-refractivity contribution in [1.29, 1.82) is 0 Å². The number of aromatic carboxylic acids is 1. The molecule has 156 valence electrons. The molecule has 0 fully saturated rings. The third kappa shape index (κ3) is 5.59. The summed E-state index contributed by atoms with van der Waals surface area (Å²) in [5.41, 5.74) is 2.26. The van der Waals surface area contributed by atoms with Crippen molar-refractivity contribution in [3.8, 4) is 0 Å². The lowest BCUT2D eigenvalue weighted by molar-refractivity contribution is -0.137. The monoisotopic (exact) mass is 414 g/mol. The largest absolute Gasteiger partial charge is 0.478 e. The zero-order valence-corrected chi connectivity index (χ0v) is 16.4.